The average molecular weight is 520 g/mol. The Morgan fingerprint density at radius 1 is 0.892 bits per heavy atom. The summed E-state index contributed by atoms with van der Waals surface area (Å²) in [6.07, 6.45) is -0.285. The van der Waals surface area contributed by atoms with Crippen LogP contribution in [0.25, 0.3) is 0 Å². The molecule has 0 bridgehead atoms. The second-order valence-electron chi connectivity index (χ2n) is 8.34. The van der Waals surface area contributed by atoms with Crippen LogP contribution in [0, 0.1) is 0 Å². The third kappa shape index (κ3) is 5.62. The van der Waals surface area contributed by atoms with Crippen molar-refractivity contribution in [1.29, 1.82) is 0 Å². The molecule has 4 rings (SSSR count). The summed E-state index contributed by atoms with van der Waals surface area (Å²) in [5.74, 6) is -2.27. The van der Waals surface area contributed by atoms with Gasteiger partial charge >= 0.3 is 5.97 Å². The lowest BCUT2D eigenvalue weighted by Gasteiger charge is -2.16. The fraction of sp³-hybridized carbons (Fsp3) is 0.111. The van der Waals surface area contributed by atoms with E-state index in [1.165, 1.54) is 48.5 Å². The van der Waals surface area contributed by atoms with Gasteiger partial charge in [-0.2, -0.15) is 0 Å². The molecule has 0 radical (unpaired) electrons. The lowest BCUT2D eigenvalue weighted by molar-refractivity contribution is -0.120. The molecular weight excluding hydrogens is 498 g/mol. The van der Waals surface area contributed by atoms with E-state index in [2.05, 4.69) is 10.6 Å². The maximum atomic E-state index is 13.0. The molecule has 1 aliphatic rings. The first-order valence-corrected chi connectivity index (χ1v) is 11.6. The van der Waals surface area contributed by atoms with Crippen molar-refractivity contribution in [3.63, 3.8) is 0 Å². The molecule has 10 heteroatoms. The number of carbonyl (C=O) groups excluding carboxylic acids is 4. The van der Waals surface area contributed by atoms with Crippen molar-refractivity contribution in [3.05, 3.63) is 94.7 Å². The van der Waals surface area contributed by atoms with E-state index >= 15 is 0 Å². The van der Waals surface area contributed by atoms with Crippen molar-refractivity contribution < 1.29 is 29.0 Å². The van der Waals surface area contributed by atoms with E-state index in [1.54, 1.807) is 38.1 Å². The van der Waals surface area contributed by atoms with Gasteiger partial charge < -0.3 is 20.5 Å². The predicted molar refractivity (Wildman–Crippen MR) is 138 cm³/mol. The number of esters is 1. The third-order valence-electron chi connectivity index (χ3n) is 5.25. The number of amides is 3. The van der Waals surface area contributed by atoms with E-state index in [-0.39, 0.29) is 33.8 Å². The molecule has 9 nitrogen and oxygen atoms in total. The minimum Gasteiger partial charge on any atom is -0.508 e. The first-order valence-electron chi connectivity index (χ1n) is 11.2. The van der Waals surface area contributed by atoms with Crippen LogP contribution in [-0.2, 0) is 14.3 Å². The smallest absolute Gasteiger partial charge is 0.338 e. The van der Waals surface area contributed by atoms with E-state index in [1.807, 2.05) is 0 Å². The maximum absolute atomic E-state index is 13.0. The monoisotopic (exact) mass is 519 g/mol. The summed E-state index contributed by atoms with van der Waals surface area (Å²) in [5.41, 5.74) is 1.60. The summed E-state index contributed by atoms with van der Waals surface area (Å²) in [4.78, 5) is 51.2. The molecule has 3 aromatic rings. The van der Waals surface area contributed by atoms with Crippen LogP contribution in [0.3, 0.4) is 0 Å². The molecule has 1 heterocycles. The van der Waals surface area contributed by atoms with Crippen molar-refractivity contribution in [1.82, 2.24) is 0 Å². The lowest BCUT2D eigenvalue weighted by atomic mass is 10.2. The number of carbonyl (C=O) groups is 4. The molecule has 0 aromatic heterocycles. The Bertz CT molecular complexity index is 1410. The Hall–Kier alpha value is -4.63. The number of halogens is 1. The number of nitrogens with one attached hydrogen (secondary N) is 2. The Kier molecular flexibility index (Phi) is 7.26. The summed E-state index contributed by atoms with van der Waals surface area (Å²) < 4.78 is 5.14. The molecule has 0 saturated carbocycles. The summed E-state index contributed by atoms with van der Waals surface area (Å²) in [7, 11) is 0. The van der Waals surface area contributed by atoms with Crippen molar-refractivity contribution in [2.75, 3.05) is 15.5 Å². The fourth-order valence-corrected chi connectivity index (χ4v) is 3.72. The molecular formula is C27H22ClN3O6. The number of hydrogen-bond acceptors (Lipinski definition) is 7. The van der Waals surface area contributed by atoms with Crippen LogP contribution in [0.2, 0.25) is 0 Å². The fourth-order valence-electron chi connectivity index (χ4n) is 3.51. The molecule has 3 N–H and O–H groups in total. The van der Waals surface area contributed by atoms with Crippen LogP contribution in [0.15, 0.2) is 83.5 Å². The minimum atomic E-state index is -0.714. The number of hydrogen-bond donors (Lipinski definition) is 3. The SMILES string of the molecule is CC(C)OC(=O)c1ccc(N2C(=O)C(Cl)=C(Nc3ccc(C(=O)Nc4cccc(O)c4)cc3)C2=O)cc1. The van der Waals surface area contributed by atoms with Crippen LogP contribution >= 0.6 is 11.6 Å². The molecule has 0 unspecified atom stereocenters. The van der Waals surface area contributed by atoms with Crippen molar-refractivity contribution in [2.45, 2.75) is 20.0 Å². The number of aromatic hydroxyl groups is 1. The molecule has 0 aliphatic carbocycles. The number of benzene rings is 3. The molecule has 0 saturated heterocycles. The summed E-state index contributed by atoms with van der Waals surface area (Å²) in [5, 5.41) is 14.8. The molecule has 3 amide bonds. The van der Waals surface area contributed by atoms with Gasteiger partial charge in [0, 0.05) is 23.0 Å². The van der Waals surface area contributed by atoms with E-state index in [0.29, 0.717) is 16.9 Å². The number of phenols is 1. The summed E-state index contributed by atoms with van der Waals surface area (Å²) in [6.45, 7) is 3.46. The number of phenolic OH excluding ortho intramolecular Hbond substituents is 1. The zero-order valence-corrected chi connectivity index (χ0v) is 20.6. The van der Waals surface area contributed by atoms with Crippen LogP contribution in [-0.4, -0.2) is 34.9 Å². The summed E-state index contributed by atoms with van der Waals surface area (Å²) in [6, 6.07) is 18.2. The Morgan fingerprint density at radius 3 is 2.16 bits per heavy atom. The molecule has 3 aromatic carbocycles. The first-order chi connectivity index (χ1) is 17.6. The Morgan fingerprint density at radius 2 is 1.54 bits per heavy atom. The average Bonchev–Trinajstić information content (AvgIpc) is 3.07. The van der Waals surface area contributed by atoms with Crippen molar-refractivity contribution in [3.8, 4) is 5.75 Å². The number of ether oxygens (including phenoxy) is 1. The number of imide groups is 1. The molecule has 37 heavy (non-hydrogen) atoms. The van der Waals surface area contributed by atoms with Crippen LogP contribution in [0.1, 0.15) is 34.6 Å². The van der Waals surface area contributed by atoms with Gasteiger partial charge in [0.25, 0.3) is 17.7 Å². The zero-order chi connectivity index (χ0) is 26.7. The van der Waals surface area contributed by atoms with Gasteiger partial charge in [0.1, 0.15) is 16.5 Å². The topological polar surface area (TPSA) is 125 Å². The number of rotatable bonds is 7. The normalized spacial score (nSPS) is 13.2. The number of nitrogens with zero attached hydrogens (tertiary/aromatic N) is 1. The van der Waals surface area contributed by atoms with Gasteiger partial charge in [-0.3, -0.25) is 14.4 Å². The second-order valence-corrected chi connectivity index (χ2v) is 8.72. The second kappa shape index (κ2) is 10.5. The van der Waals surface area contributed by atoms with Crippen LogP contribution < -0.4 is 15.5 Å². The van der Waals surface area contributed by atoms with Gasteiger partial charge in [0.05, 0.1) is 17.4 Å². The van der Waals surface area contributed by atoms with Crippen LogP contribution in [0.4, 0.5) is 17.1 Å². The van der Waals surface area contributed by atoms with Gasteiger partial charge in [-0.05, 0) is 74.5 Å². The predicted octanol–water partition coefficient (Wildman–Crippen LogP) is 4.65. The van der Waals surface area contributed by atoms with Crippen LogP contribution in [0.5, 0.6) is 5.75 Å². The van der Waals surface area contributed by atoms with E-state index in [0.717, 1.165) is 4.90 Å². The van der Waals surface area contributed by atoms with E-state index < -0.39 is 23.7 Å². The highest BCUT2D eigenvalue weighted by molar-refractivity contribution is 6.53. The van der Waals surface area contributed by atoms with Crippen molar-refractivity contribution >= 4 is 52.4 Å². The van der Waals surface area contributed by atoms with Gasteiger partial charge in [-0.1, -0.05) is 17.7 Å². The van der Waals surface area contributed by atoms with Gasteiger partial charge in [0.15, 0.2) is 0 Å². The van der Waals surface area contributed by atoms with Gasteiger partial charge in [-0.15, -0.1) is 0 Å². The molecule has 188 valence electrons. The first kappa shape index (κ1) is 25.5. The maximum Gasteiger partial charge on any atom is 0.338 e. The van der Waals surface area contributed by atoms with E-state index in [4.69, 9.17) is 16.3 Å². The highest BCUT2D eigenvalue weighted by Gasteiger charge is 2.39. The minimum absolute atomic E-state index is 0.0249. The highest BCUT2D eigenvalue weighted by Crippen LogP contribution is 2.30. The molecule has 0 spiro atoms. The zero-order valence-electron chi connectivity index (χ0n) is 19.8. The molecule has 0 atom stereocenters. The Balaban J connectivity index is 1.45. The van der Waals surface area contributed by atoms with Crippen molar-refractivity contribution in [2.24, 2.45) is 0 Å². The lowest BCUT2D eigenvalue weighted by Crippen LogP contribution is -2.32. The van der Waals surface area contributed by atoms with E-state index in [9.17, 15) is 24.3 Å². The Labute approximate surface area is 217 Å². The molecule has 1 aliphatic heterocycles. The third-order valence-corrected chi connectivity index (χ3v) is 5.60. The number of anilines is 3. The summed E-state index contributed by atoms with van der Waals surface area (Å²) >= 11 is 6.19. The van der Waals surface area contributed by atoms with Gasteiger partial charge in [0.2, 0.25) is 0 Å². The van der Waals surface area contributed by atoms with Gasteiger partial charge in [-0.25, -0.2) is 9.69 Å². The highest BCUT2D eigenvalue weighted by atomic mass is 35.5. The standard InChI is InChI=1S/C27H22ClN3O6/c1-15(2)37-27(36)17-8-12-20(13-9-17)31-25(34)22(28)23(26(31)35)29-18-10-6-16(7-11-18)24(33)30-19-4-3-5-21(32)14-19/h3-15,29,32H,1-2H3,(H,30,33). The quantitative estimate of drug-likeness (QED) is 0.306. The molecule has 0 fully saturated rings. The largest absolute Gasteiger partial charge is 0.508 e.